The Labute approximate surface area is 153 Å². The molecule has 4 rings (SSSR count). The smallest absolute Gasteiger partial charge is 0.292 e. The molecule has 4 aliphatic carbocycles. The Morgan fingerprint density at radius 2 is 1.22 bits per heavy atom. The minimum Gasteiger partial charge on any atom is -0.292 e. The number of halogens is 5. The first-order chi connectivity index (χ1) is 12.1. The molecule has 0 atom stereocenters. The van der Waals surface area contributed by atoms with E-state index in [1.165, 1.54) is 0 Å². The van der Waals surface area contributed by atoms with E-state index in [1.807, 2.05) is 0 Å². The summed E-state index contributed by atoms with van der Waals surface area (Å²) in [6, 6.07) is 0. The molecule has 156 valence electrons. The Balaban J connectivity index is 1.75. The van der Waals surface area contributed by atoms with Gasteiger partial charge in [-0.2, -0.15) is 22.0 Å². The molecule has 0 aromatic heterocycles. The Bertz CT molecular complexity index is 803. The van der Waals surface area contributed by atoms with Crippen LogP contribution in [0.1, 0.15) is 38.5 Å². The van der Waals surface area contributed by atoms with E-state index in [2.05, 4.69) is 0 Å². The number of carbonyl (C=O) groups is 1. The van der Waals surface area contributed by atoms with Gasteiger partial charge >= 0.3 is 10.8 Å². The molecule has 0 spiro atoms. The van der Waals surface area contributed by atoms with Crippen LogP contribution in [0.4, 0.5) is 22.0 Å². The van der Waals surface area contributed by atoms with Crippen molar-refractivity contribution in [3.8, 4) is 0 Å². The summed E-state index contributed by atoms with van der Waals surface area (Å²) in [5.74, 6) is -1.41. The highest BCUT2D eigenvalue weighted by molar-refractivity contribution is 8.09. The number of ketones is 1. The van der Waals surface area contributed by atoms with Crippen molar-refractivity contribution >= 4 is 25.5 Å². The summed E-state index contributed by atoms with van der Waals surface area (Å²) < 4.78 is 111. The molecule has 5 nitrogen and oxygen atoms in total. The monoisotopic (exact) mass is 438 g/mol. The number of alkyl halides is 5. The topological polar surface area (TPSA) is 85.3 Å². The van der Waals surface area contributed by atoms with Gasteiger partial charge in [0.2, 0.25) is 15.6 Å². The van der Waals surface area contributed by atoms with Gasteiger partial charge in [-0.3, -0.25) is 4.79 Å². The number of Topliss-reactive ketones (excluding diaryl/α,β-unsaturated/α-hetero) is 1. The summed E-state index contributed by atoms with van der Waals surface area (Å²) in [5, 5.41) is -8.01. The van der Waals surface area contributed by atoms with Crippen LogP contribution in [-0.4, -0.2) is 38.5 Å². The van der Waals surface area contributed by atoms with Crippen molar-refractivity contribution in [2.24, 2.45) is 29.6 Å². The summed E-state index contributed by atoms with van der Waals surface area (Å²) in [6.07, 6.45) is 3.45. The Hall–Kier alpha value is -0.780. The molecule has 0 unspecified atom stereocenters. The third-order valence-electron chi connectivity index (χ3n) is 6.22. The van der Waals surface area contributed by atoms with Gasteiger partial charge in [0.05, 0.1) is 0 Å². The van der Waals surface area contributed by atoms with Gasteiger partial charge in [0.1, 0.15) is 0 Å². The van der Waals surface area contributed by atoms with Crippen LogP contribution in [0.25, 0.3) is 0 Å². The highest BCUT2D eigenvalue weighted by atomic mass is 32.3. The molecule has 0 aromatic carbocycles. The van der Waals surface area contributed by atoms with E-state index in [1.54, 1.807) is 0 Å². The van der Waals surface area contributed by atoms with Crippen molar-refractivity contribution in [1.29, 1.82) is 0 Å². The lowest BCUT2D eigenvalue weighted by atomic mass is 9.51. The lowest BCUT2D eigenvalue weighted by Gasteiger charge is -2.54. The first-order valence-corrected chi connectivity index (χ1v) is 11.9. The summed E-state index contributed by atoms with van der Waals surface area (Å²) >= 11 is 0. The van der Waals surface area contributed by atoms with Crippen molar-refractivity contribution in [3.05, 3.63) is 0 Å². The van der Waals surface area contributed by atoms with Gasteiger partial charge in [-0.1, -0.05) is 0 Å². The van der Waals surface area contributed by atoms with Crippen LogP contribution in [0.15, 0.2) is 0 Å². The standard InChI is InChI=1S/C15H19F5O5S2/c16-14(17,26(22,23)7-27(24,25)15(18,19)20)13(21)6-12-10-2-8-1-9(4-10)5-11(12)3-8/h8-12H,1-7H2. The zero-order valence-corrected chi connectivity index (χ0v) is 15.7. The van der Waals surface area contributed by atoms with E-state index in [0.29, 0.717) is 11.8 Å². The molecule has 4 bridgehead atoms. The van der Waals surface area contributed by atoms with Gasteiger partial charge in [-0.05, 0) is 61.7 Å². The molecule has 0 aliphatic heterocycles. The molecule has 27 heavy (non-hydrogen) atoms. The molecule has 4 fully saturated rings. The van der Waals surface area contributed by atoms with Gasteiger partial charge in [-0.25, -0.2) is 16.8 Å². The molecule has 12 heteroatoms. The second-order valence-corrected chi connectivity index (χ2v) is 12.4. The molecule has 0 N–H and O–H groups in total. The quantitative estimate of drug-likeness (QED) is 0.596. The van der Waals surface area contributed by atoms with Crippen LogP contribution in [0.3, 0.4) is 0 Å². The maximum Gasteiger partial charge on any atom is 0.498 e. The number of hydrogen-bond donors (Lipinski definition) is 0. The van der Waals surface area contributed by atoms with E-state index in [0.717, 1.165) is 32.1 Å². The Kier molecular flexibility index (Phi) is 4.93. The van der Waals surface area contributed by atoms with Crippen molar-refractivity contribution in [3.63, 3.8) is 0 Å². The average molecular weight is 438 g/mol. The summed E-state index contributed by atoms with van der Waals surface area (Å²) in [4.78, 5) is 12.0. The van der Waals surface area contributed by atoms with Crippen molar-refractivity contribution in [1.82, 2.24) is 0 Å². The van der Waals surface area contributed by atoms with Gasteiger partial charge in [0, 0.05) is 6.42 Å². The normalized spacial score (nSPS) is 34.0. The van der Waals surface area contributed by atoms with Crippen LogP contribution < -0.4 is 0 Å². The molecular formula is C15H19F5O5S2. The van der Waals surface area contributed by atoms with E-state index in [4.69, 9.17) is 0 Å². The summed E-state index contributed by atoms with van der Waals surface area (Å²) in [7, 11) is -12.5. The Morgan fingerprint density at radius 3 is 1.63 bits per heavy atom. The maximum atomic E-state index is 14.2. The zero-order chi connectivity index (χ0) is 20.4. The first-order valence-electron chi connectivity index (χ1n) is 8.56. The minimum absolute atomic E-state index is 0.0302. The van der Waals surface area contributed by atoms with Crippen LogP contribution in [0.2, 0.25) is 0 Å². The number of carbonyl (C=O) groups excluding carboxylic acids is 1. The van der Waals surface area contributed by atoms with Gasteiger partial charge < -0.3 is 0 Å². The lowest BCUT2D eigenvalue weighted by Crippen LogP contribution is -2.49. The average Bonchev–Trinajstić information content (AvgIpc) is 2.47. The molecule has 0 saturated heterocycles. The fraction of sp³-hybridized carbons (Fsp3) is 0.933. The van der Waals surface area contributed by atoms with E-state index < -0.39 is 53.6 Å². The minimum atomic E-state index is -6.34. The predicted molar refractivity (Wildman–Crippen MR) is 83.9 cm³/mol. The number of hydrogen-bond acceptors (Lipinski definition) is 5. The van der Waals surface area contributed by atoms with Gasteiger partial charge in [0.15, 0.2) is 5.08 Å². The first kappa shape index (κ1) is 20.9. The Morgan fingerprint density at radius 1 is 0.778 bits per heavy atom. The second-order valence-electron chi connectivity index (χ2n) is 8.03. The maximum absolute atomic E-state index is 14.2. The zero-order valence-electron chi connectivity index (χ0n) is 14.1. The molecule has 0 aromatic rings. The third-order valence-corrected chi connectivity index (χ3v) is 10.4. The summed E-state index contributed by atoms with van der Waals surface area (Å²) in [5.41, 5.74) is -6.00. The van der Waals surface area contributed by atoms with E-state index in [9.17, 15) is 43.6 Å². The van der Waals surface area contributed by atoms with Gasteiger partial charge in [0.25, 0.3) is 9.84 Å². The fourth-order valence-corrected chi connectivity index (χ4v) is 8.41. The fourth-order valence-electron chi connectivity index (χ4n) is 5.22. The molecule has 4 saturated carbocycles. The van der Waals surface area contributed by atoms with Crippen molar-refractivity contribution in [2.75, 3.05) is 5.08 Å². The summed E-state index contributed by atoms with van der Waals surface area (Å²) in [6.45, 7) is 0. The predicted octanol–water partition coefficient (Wildman–Crippen LogP) is 2.92. The van der Waals surface area contributed by atoms with Crippen LogP contribution in [0.5, 0.6) is 0 Å². The molecule has 0 heterocycles. The van der Waals surface area contributed by atoms with Gasteiger partial charge in [-0.15, -0.1) is 0 Å². The van der Waals surface area contributed by atoms with Crippen LogP contribution in [-0.2, 0) is 24.5 Å². The molecule has 0 amide bonds. The van der Waals surface area contributed by atoms with Crippen LogP contribution in [0, 0.1) is 29.6 Å². The SMILES string of the molecule is O=C(CC1C2CC3CC(C2)CC1C3)C(F)(F)S(=O)(=O)CS(=O)(=O)C(F)(F)F. The number of rotatable bonds is 6. The van der Waals surface area contributed by atoms with E-state index in [-0.39, 0.29) is 11.8 Å². The molecule has 4 aliphatic rings. The molecular weight excluding hydrogens is 419 g/mol. The van der Waals surface area contributed by atoms with Crippen molar-refractivity contribution in [2.45, 2.75) is 49.3 Å². The largest absolute Gasteiger partial charge is 0.498 e. The van der Waals surface area contributed by atoms with E-state index >= 15 is 0 Å². The number of sulfone groups is 2. The molecule has 0 radical (unpaired) electrons. The highest BCUT2D eigenvalue weighted by Crippen LogP contribution is 2.57. The third kappa shape index (κ3) is 3.63. The second kappa shape index (κ2) is 6.36. The van der Waals surface area contributed by atoms with Crippen molar-refractivity contribution < 1.29 is 43.6 Å². The lowest BCUT2D eigenvalue weighted by molar-refractivity contribution is -0.138. The highest BCUT2D eigenvalue weighted by Gasteiger charge is 2.59. The van der Waals surface area contributed by atoms with Crippen LogP contribution >= 0.6 is 0 Å².